The number of hydrogen-bond acceptors (Lipinski definition) is 3. The van der Waals surface area contributed by atoms with Crippen molar-refractivity contribution < 1.29 is 9.92 Å². The quantitative estimate of drug-likeness (QED) is 0.327. The average molecular weight is 146 g/mol. The molecule has 0 aliphatic heterocycles. The predicted octanol–water partition coefficient (Wildman–Crippen LogP) is 1.94. The van der Waals surface area contributed by atoms with Crippen LogP contribution in [0.25, 0.3) is 0 Å². The van der Waals surface area contributed by atoms with Crippen LogP contribution in [-0.2, 0) is 4.84 Å². The van der Waals surface area contributed by atoms with E-state index < -0.39 is 5.09 Å². The Bertz CT molecular complexity index is 95.0. The minimum atomic E-state index is -0.800. The molecule has 0 bridgehead atoms. The molecule has 10 heavy (non-hydrogen) atoms. The zero-order chi connectivity index (χ0) is 7.82. The Labute approximate surface area is 60.3 Å². The molecule has 0 atom stereocenters. The summed E-state index contributed by atoms with van der Waals surface area (Å²) in [5.41, 5.74) is 0. The van der Waals surface area contributed by atoms with Crippen molar-refractivity contribution in [2.75, 3.05) is 0 Å². The van der Waals surface area contributed by atoms with Gasteiger partial charge in [-0.3, -0.25) is 0 Å². The lowest BCUT2D eigenvalue weighted by molar-refractivity contribution is -0.746. The molecule has 0 saturated heterocycles. The fraction of sp³-hybridized carbons (Fsp3) is 0.833. The highest BCUT2D eigenvalue weighted by Gasteiger charge is 1.93. The molecular weight excluding hydrogens is 134 g/mol. The SMILES string of the molecule is CCCCC[CH]O[N+](=O)[O-]. The van der Waals surface area contributed by atoms with Gasteiger partial charge in [-0.05, 0) is 6.42 Å². The van der Waals surface area contributed by atoms with E-state index >= 15 is 0 Å². The molecule has 0 rings (SSSR count). The summed E-state index contributed by atoms with van der Waals surface area (Å²) in [5, 5.41) is 8.78. The van der Waals surface area contributed by atoms with E-state index in [2.05, 4.69) is 11.8 Å². The zero-order valence-electron chi connectivity index (χ0n) is 6.08. The van der Waals surface area contributed by atoms with Gasteiger partial charge in [0.05, 0.1) is 0 Å². The van der Waals surface area contributed by atoms with Gasteiger partial charge in [0, 0.05) is 0 Å². The molecule has 0 amide bonds. The summed E-state index contributed by atoms with van der Waals surface area (Å²) < 4.78 is 0. The summed E-state index contributed by atoms with van der Waals surface area (Å²) in [5.74, 6) is 0. The normalized spacial score (nSPS) is 9.30. The number of nitrogens with zero attached hydrogens (tertiary/aromatic N) is 1. The molecule has 4 heteroatoms. The standard InChI is InChI=1S/C6H12NO3/c1-2-3-4-5-6-10-7(8)9/h6H,2-5H2,1H3. The third-order valence-corrected chi connectivity index (χ3v) is 1.09. The van der Waals surface area contributed by atoms with Crippen molar-refractivity contribution in [3.05, 3.63) is 16.7 Å². The van der Waals surface area contributed by atoms with Crippen molar-refractivity contribution in [1.82, 2.24) is 0 Å². The molecule has 0 aromatic heterocycles. The second kappa shape index (κ2) is 6.32. The first-order chi connectivity index (χ1) is 4.77. The Hall–Kier alpha value is -0.800. The van der Waals surface area contributed by atoms with Crippen molar-refractivity contribution in [1.29, 1.82) is 0 Å². The average Bonchev–Trinajstić information content (AvgIpc) is 1.87. The first kappa shape index (κ1) is 9.20. The fourth-order valence-corrected chi connectivity index (χ4v) is 0.591. The van der Waals surface area contributed by atoms with Crippen LogP contribution >= 0.6 is 0 Å². The van der Waals surface area contributed by atoms with E-state index in [1.54, 1.807) is 0 Å². The van der Waals surface area contributed by atoms with Crippen molar-refractivity contribution in [2.45, 2.75) is 32.6 Å². The molecule has 0 spiro atoms. The third-order valence-electron chi connectivity index (χ3n) is 1.09. The molecule has 0 aliphatic rings. The minimum Gasteiger partial charge on any atom is -0.308 e. The van der Waals surface area contributed by atoms with Crippen LogP contribution in [-0.4, -0.2) is 5.09 Å². The van der Waals surface area contributed by atoms with Gasteiger partial charge in [-0.2, -0.15) is 0 Å². The molecule has 0 aromatic rings. The molecule has 1 radical (unpaired) electrons. The second-order valence-electron chi connectivity index (χ2n) is 1.99. The molecule has 59 valence electrons. The van der Waals surface area contributed by atoms with E-state index in [1.807, 2.05) is 0 Å². The molecular formula is C6H12NO3. The van der Waals surface area contributed by atoms with Crippen LogP contribution in [0, 0.1) is 16.7 Å². The summed E-state index contributed by atoms with van der Waals surface area (Å²) in [4.78, 5) is 13.6. The van der Waals surface area contributed by atoms with Gasteiger partial charge in [-0.25, -0.2) is 0 Å². The van der Waals surface area contributed by atoms with Crippen LogP contribution in [0.2, 0.25) is 0 Å². The summed E-state index contributed by atoms with van der Waals surface area (Å²) in [7, 11) is 0. The van der Waals surface area contributed by atoms with Gasteiger partial charge in [0.15, 0.2) is 0 Å². The van der Waals surface area contributed by atoms with Gasteiger partial charge in [-0.15, -0.1) is 10.1 Å². The monoisotopic (exact) mass is 146 g/mol. The van der Waals surface area contributed by atoms with Crippen LogP contribution in [0.4, 0.5) is 0 Å². The van der Waals surface area contributed by atoms with Crippen LogP contribution in [0.1, 0.15) is 32.6 Å². The Kier molecular flexibility index (Phi) is 5.82. The molecule has 0 saturated carbocycles. The van der Waals surface area contributed by atoms with Crippen LogP contribution in [0.15, 0.2) is 0 Å². The lowest BCUT2D eigenvalue weighted by Crippen LogP contribution is -1.96. The Morgan fingerprint density at radius 2 is 2.30 bits per heavy atom. The largest absolute Gasteiger partial charge is 0.308 e. The summed E-state index contributed by atoms with van der Waals surface area (Å²) in [6.45, 7) is 3.31. The highest BCUT2D eigenvalue weighted by Crippen LogP contribution is 2.01. The molecule has 0 unspecified atom stereocenters. The van der Waals surface area contributed by atoms with E-state index in [0.717, 1.165) is 19.3 Å². The first-order valence-corrected chi connectivity index (χ1v) is 3.40. The van der Waals surface area contributed by atoms with Gasteiger partial charge in [0.25, 0.3) is 5.09 Å². The summed E-state index contributed by atoms with van der Waals surface area (Å²) >= 11 is 0. The van der Waals surface area contributed by atoms with Gasteiger partial charge in [0.1, 0.15) is 6.61 Å². The van der Waals surface area contributed by atoms with Gasteiger partial charge >= 0.3 is 0 Å². The first-order valence-electron chi connectivity index (χ1n) is 3.40. The van der Waals surface area contributed by atoms with E-state index in [-0.39, 0.29) is 0 Å². The minimum absolute atomic E-state index is 0.662. The summed E-state index contributed by atoms with van der Waals surface area (Å²) in [6, 6.07) is 0. The van der Waals surface area contributed by atoms with E-state index in [1.165, 1.54) is 6.61 Å². The van der Waals surface area contributed by atoms with Gasteiger partial charge < -0.3 is 4.84 Å². The van der Waals surface area contributed by atoms with Crippen molar-refractivity contribution in [3.8, 4) is 0 Å². The fourth-order valence-electron chi connectivity index (χ4n) is 0.591. The molecule has 4 nitrogen and oxygen atoms in total. The zero-order valence-corrected chi connectivity index (χ0v) is 6.08. The molecule has 0 fully saturated rings. The maximum Gasteiger partial charge on any atom is 0.294 e. The Morgan fingerprint density at radius 1 is 1.60 bits per heavy atom. The van der Waals surface area contributed by atoms with Crippen molar-refractivity contribution in [2.24, 2.45) is 0 Å². The molecule has 0 heterocycles. The summed E-state index contributed by atoms with van der Waals surface area (Å²) in [6.07, 6.45) is 3.84. The van der Waals surface area contributed by atoms with Crippen LogP contribution in [0.3, 0.4) is 0 Å². The van der Waals surface area contributed by atoms with Crippen LogP contribution in [0.5, 0.6) is 0 Å². The predicted molar refractivity (Wildman–Crippen MR) is 36.5 cm³/mol. The highest BCUT2D eigenvalue weighted by atomic mass is 16.9. The maximum atomic E-state index is 9.58. The van der Waals surface area contributed by atoms with E-state index in [9.17, 15) is 10.1 Å². The van der Waals surface area contributed by atoms with E-state index in [0.29, 0.717) is 6.42 Å². The molecule has 0 aromatic carbocycles. The van der Waals surface area contributed by atoms with Gasteiger partial charge in [-0.1, -0.05) is 26.2 Å². The Balaban J connectivity index is 2.84. The smallest absolute Gasteiger partial charge is 0.294 e. The third kappa shape index (κ3) is 7.20. The Morgan fingerprint density at radius 3 is 2.80 bits per heavy atom. The molecule has 0 N–H and O–H groups in total. The van der Waals surface area contributed by atoms with Crippen LogP contribution < -0.4 is 0 Å². The maximum absolute atomic E-state index is 9.58. The van der Waals surface area contributed by atoms with E-state index in [4.69, 9.17) is 0 Å². The number of hydrogen-bond donors (Lipinski definition) is 0. The number of rotatable bonds is 6. The number of unbranched alkanes of at least 4 members (excludes halogenated alkanes) is 3. The second-order valence-corrected chi connectivity index (χ2v) is 1.99. The highest BCUT2D eigenvalue weighted by molar-refractivity contribution is 4.47. The topological polar surface area (TPSA) is 52.4 Å². The van der Waals surface area contributed by atoms with Gasteiger partial charge in [0.2, 0.25) is 0 Å². The lowest BCUT2D eigenvalue weighted by Gasteiger charge is -1.95. The molecule has 0 aliphatic carbocycles. The van der Waals surface area contributed by atoms with Crippen molar-refractivity contribution in [3.63, 3.8) is 0 Å². The lowest BCUT2D eigenvalue weighted by atomic mass is 10.2. The van der Waals surface area contributed by atoms with Crippen molar-refractivity contribution >= 4 is 0 Å².